The summed E-state index contributed by atoms with van der Waals surface area (Å²) in [6, 6.07) is 8.00. The van der Waals surface area contributed by atoms with Gasteiger partial charge in [0, 0.05) is 37.2 Å². The van der Waals surface area contributed by atoms with Gasteiger partial charge in [-0.05, 0) is 68.3 Å². The Morgan fingerprint density at radius 2 is 1.84 bits per heavy atom. The highest BCUT2D eigenvalue weighted by atomic mass is 32.2. The number of rotatable bonds is 9. The SMILES string of the molecule is CCC1(c2cccc(NS(=O)(=O)C3CC3)c2)[C@@H]2CN(CCCN3CCC(F)(F)C3)C[C@@H]21. The van der Waals surface area contributed by atoms with Crippen LogP contribution in [0.4, 0.5) is 14.5 Å². The average Bonchev–Trinajstić information content (AvgIpc) is 3.59. The standard InChI is InChI=1S/C23H33F2N3O2S/c1-2-23(17-5-3-6-18(13-17)26-31(29,30)19-7-8-19)20-14-28(15-21(20)23)11-4-10-27-12-9-22(24,25)16-27/h3,5-6,13,19-21,26H,2,4,7-12,14-16H2,1H3/t20-,21+,23?. The zero-order chi connectivity index (χ0) is 21.9. The Kier molecular flexibility index (Phi) is 5.34. The first-order valence-electron chi connectivity index (χ1n) is 11.7. The highest BCUT2D eigenvalue weighted by Gasteiger charge is 2.67. The normalized spacial score (nSPS) is 32.9. The van der Waals surface area contributed by atoms with E-state index < -0.39 is 15.9 Å². The minimum atomic E-state index is -3.25. The number of anilines is 1. The molecule has 0 amide bonds. The van der Waals surface area contributed by atoms with Crippen LogP contribution in [0.1, 0.15) is 44.6 Å². The van der Waals surface area contributed by atoms with Crippen molar-refractivity contribution < 1.29 is 17.2 Å². The lowest BCUT2D eigenvalue weighted by Gasteiger charge is -2.27. The Bertz CT molecular complexity index is 923. The van der Waals surface area contributed by atoms with E-state index in [4.69, 9.17) is 0 Å². The summed E-state index contributed by atoms with van der Waals surface area (Å²) in [6.07, 6.45) is 3.50. The zero-order valence-corrected chi connectivity index (χ0v) is 19.0. The van der Waals surface area contributed by atoms with Gasteiger partial charge in [-0.2, -0.15) is 0 Å². The van der Waals surface area contributed by atoms with Crippen LogP contribution >= 0.6 is 0 Å². The molecule has 3 atom stereocenters. The Balaban J connectivity index is 1.16. The second-order valence-corrected chi connectivity index (χ2v) is 12.0. The second-order valence-electron chi connectivity index (χ2n) is 10.0. The Morgan fingerprint density at radius 3 is 2.45 bits per heavy atom. The number of nitrogens with zero attached hydrogens (tertiary/aromatic N) is 2. The fourth-order valence-electron chi connectivity index (χ4n) is 6.17. The lowest BCUT2D eigenvalue weighted by molar-refractivity contribution is 0.0119. The lowest BCUT2D eigenvalue weighted by atomic mass is 9.87. The van der Waals surface area contributed by atoms with Crippen molar-refractivity contribution in [2.24, 2.45) is 11.8 Å². The van der Waals surface area contributed by atoms with Gasteiger partial charge in [0.2, 0.25) is 10.0 Å². The Labute approximate surface area is 184 Å². The van der Waals surface area contributed by atoms with Crippen molar-refractivity contribution in [2.75, 3.05) is 44.0 Å². The molecule has 2 aliphatic carbocycles. The van der Waals surface area contributed by atoms with Crippen LogP contribution in [0.25, 0.3) is 0 Å². The van der Waals surface area contributed by atoms with E-state index in [2.05, 4.69) is 22.6 Å². The van der Waals surface area contributed by atoms with Crippen LogP contribution in [0.15, 0.2) is 24.3 Å². The summed E-state index contributed by atoms with van der Waals surface area (Å²) in [5.74, 6) is -1.30. The molecule has 5 nitrogen and oxygen atoms in total. The summed E-state index contributed by atoms with van der Waals surface area (Å²) in [5.41, 5.74) is 2.08. The van der Waals surface area contributed by atoms with Crippen LogP contribution in [-0.4, -0.2) is 68.7 Å². The molecule has 1 unspecified atom stereocenters. The minimum Gasteiger partial charge on any atom is -0.303 e. The number of hydrogen-bond acceptors (Lipinski definition) is 4. The van der Waals surface area contributed by atoms with Gasteiger partial charge in [0.05, 0.1) is 11.8 Å². The maximum Gasteiger partial charge on any atom is 0.261 e. The molecule has 4 fully saturated rings. The van der Waals surface area contributed by atoms with Crippen molar-refractivity contribution in [3.05, 3.63) is 29.8 Å². The predicted octanol–water partition coefficient (Wildman–Crippen LogP) is 3.53. The van der Waals surface area contributed by atoms with Crippen LogP contribution < -0.4 is 4.72 Å². The fraction of sp³-hybridized carbons (Fsp3) is 0.739. The molecule has 5 rings (SSSR count). The van der Waals surface area contributed by atoms with E-state index in [-0.39, 0.29) is 23.6 Å². The number of fused-ring (bicyclic) bond motifs is 1. The highest BCUT2D eigenvalue weighted by Crippen LogP contribution is 2.65. The number of benzene rings is 1. The second kappa shape index (κ2) is 7.66. The van der Waals surface area contributed by atoms with Crippen LogP contribution in [0.5, 0.6) is 0 Å². The molecule has 1 aromatic rings. The number of alkyl halides is 2. The summed E-state index contributed by atoms with van der Waals surface area (Å²) in [4.78, 5) is 4.37. The van der Waals surface area contributed by atoms with Crippen LogP contribution in [0.3, 0.4) is 0 Å². The summed E-state index contributed by atoms with van der Waals surface area (Å²) in [5, 5.41) is -0.225. The Morgan fingerprint density at radius 1 is 1.13 bits per heavy atom. The number of nitrogens with one attached hydrogen (secondary N) is 1. The van der Waals surface area contributed by atoms with Crippen molar-refractivity contribution in [3.63, 3.8) is 0 Å². The van der Waals surface area contributed by atoms with Crippen molar-refractivity contribution in [1.29, 1.82) is 0 Å². The largest absolute Gasteiger partial charge is 0.303 e. The number of piperidine rings is 1. The molecule has 4 aliphatic rings. The average molecular weight is 454 g/mol. The zero-order valence-electron chi connectivity index (χ0n) is 18.2. The van der Waals surface area contributed by atoms with Crippen molar-refractivity contribution in [3.8, 4) is 0 Å². The van der Waals surface area contributed by atoms with Crippen LogP contribution in [-0.2, 0) is 15.4 Å². The molecule has 0 radical (unpaired) electrons. The number of halogens is 2. The molecule has 0 bridgehead atoms. The minimum absolute atomic E-state index is 0.00421. The summed E-state index contributed by atoms with van der Waals surface area (Å²) < 4.78 is 54.1. The van der Waals surface area contributed by atoms with Gasteiger partial charge in [0.25, 0.3) is 5.92 Å². The molecule has 8 heteroatoms. The third kappa shape index (κ3) is 4.11. The van der Waals surface area contributed by atoms with Gasteiger partial charge < -0.3 is 4.90 Å². The van der Waals surface area contributed by atoms with Crippen LogP contribution in [0.2, 0.25) is 0 Å². The smallest absolute Gasteiger partial charge is 0.261 e. The first-order valence-corrected chi connectivity index (χ1v) is 13.2. The van der Waals surface area contributed by atoms with E-state index in [1.54, 1.807) is 0 Å². The molecular formula is C23H33F2N3O2S. The molecule has 2 aliphatic heterocycles. The molecule has 1 aromatic carbocycles. The Hall–Kier alpha value is -1.25. The van der Waals surface area contributed by atoms with Gasteiger partial charge in [-0.25, -0.2) is 17.2 Å². The summed E-state index contributed by atoms with van der Waals surface area (Å²) in [6.45, 7) is 6.48. The number of sulfonamides is 1. The van der Waals surface area contributed by atoms with Crippen LogP contribution in [0, 0.1) is 11.8 Å². The highest BCUT2D eigenvalue weighted by molar-refractivity contribution is 7.93. The third-order valence-corrected chi connectivity index (χ3v) is 9.88. The topological polar surface area (TPSA) is 52.7 Å². The summed E-state index contributed by atoms with van der Waals surface area (Å²) in [7, 11) is -3.25. The fourth-order valence-corrected chi connectivity index (χ4v) is 7.55. The van der Waals surface area contributed by atoms with Crippen molar-refractivity contribution in [1.82, 2.24) is 9.80 Å². The van der Waals surface area contributed by atoms with Gasteiger partial charge in [-0.1, -0.05) is 19.1 Å². The number of likely N-dealkylation sites (tertiary alicyclic amines) is 2. The predicted molar refractivity (Wildman–Crippen MR) is 118 cm³/mol. The molecule has 0 spiro atoms. The molecule has 2 heterocycles. The maximum atomic E-state index is 13.3. The maximum absolute atomic E-state index is 13.3. The van der Waals surface area contributed by atoms with Gasteiger partial charge in [0.1, 0.15) is 0 Å². The molecule has 2 saturated carbocycles. The lowest BCUT2D eigenvalue weighted by Crippen LogP contribution is -2.33. The van der Waals surface area contributed by atoms with Gasteiger partial charge >= 0.3 is 0 Å². The molecule has 172 valence electrons. The van der Waals surface area contributed by atoms with Gasteiger partial charge in [-0.15, -0.1) is 0 Å². The van der Waals surface area contributed by atoms with E-state index in [1.807, 2.05) is 23.1 Å². The first kappa shape index (κ1) is 21.6. The van der Waals surface area contributed by atoms with Gasteiger partial charge in [-0.3, -0.25) is 9.62 Å². The van der Waals surface area contributed by atoms with E-state index in [1.165, 1.54) is 5.56 Å². The van der Waals surface area contributed by atoms with Gasteiger partial charge in [0.15, 0.2) is 0 Å². The van der Waals surface area contributed by atoms with Crippen molar-refractivity contribution >= 4 is 15.7 Å². The van der Waals surface area contributed by atoms with E-state index in [0.29, 0.717) is 24.1 Å². The third-order valence-electron chi connectivity index (χ3n) is 8.02. The quantitative estimate of drug-likeness (QED) is 0.622. The first-order chi connectivity index (χ1) is 14.7. The molecule has 0 aromatic heterocycles. The summed E-state index contributed by atoms with van der Waals surface area (Å²) >= 11 is 0. The van der Waals surface area contributed by atoms with E-state index >= 15 is 0 Å². The molecular weight excluding hydrogens is 420 g/mol. The van der Waals surface area contributed by atoms with E-state index in [9.17, 15) is 17.2 Å². The monoisotopic (exact) mass is 453 g/mol. The molecule has 2 saturated heterocycles. The molecule has 31 heavy (non-hydrogen) atoms. The number of hydrogen-bond donors (Lipinski definition) is 1. The van der Waals surface area contributed by atoms with E-state index in [0.717, 1.165) is 51.9 Å². The van der Waals surface area contributed by atoms with Crippen molar-refractivity contribution in [2.45, 2.75) is 55.6 Å². The molecule has 1 N–H and O–H groups in total.